The fourth-order valence-corrected chi connectivity index (χ4v) is 2.16. The third-order valence-electron chi connectivity index (χ3n) is 2.95. The summed E-state index contributed by atoms with van der Waals surface area (Å²) in [5.74, 6) is 0. The zero-order valence-electron chi connectivity index (χ0n) is 9.35. The zero-order chi connectivity index (χ0) is 11.7. The Morgan fingerprint density at radius 1 is 1.00 bits per heavy atom. The van der Waals surface area contributed by atoms with Gasteiger partial charge >= 0.3 is 0 Å². The van der Waals surface area contributed by atoms with Crippen molar-refractivity contribution in [2.45, 2.75) is 0 Å². The summed E-state index contributed by atoms with van der Waals surface area (Å²) in [5, 5.41) is 11.2. The molecule has 1 heterocycles. The van der Waals surface area contributed by atoms with Gasteiger partial charge in [-0.15, -0.1) is 0 Å². The lowest BCUT2D eigenvalue weighted by Gasteiger charge is -1.94. The van der Waals surface area contributed by atoms with Crippen LogP contribution in [-0.4, -0.2) is 16.7 Å². The van der Waals surface area contributed by atoms with E-state index in [0.717, 1.165) is 16.6 Å². The van der Waals surface area contributed by atoms with Crippen LogP contribution in [0.2, 0.25) is 0 Å². The summed E-state index contributed by atoms with van der Waals surface area (Å²) >= 11 is 0. The van der Waals surface area contributed by atoms with Crippen LogP contribution in [0.4, 0.5) is 0 Å². The number of rotatable bonds is 2. The predicted octanol–water partition coefficient (Wildman–Crippen LogP) is 3.33. The second-order valence-corrected chi connectivity index (χ2v) is 4.06. The van der Waals surface area contributed by atoms with Crippen LogP contribution in [0.5, 0.6) is 0 Å². The minimum Gasteiger partial charge on any atom is -0.392 e. The molecule has 0 saturated heterocycles. The largest absolute Gasteiger partial charge is 0.392 e. The van der Waals surface area contributed by atoms with E-state index >= 15 is 0 Å². The van der Waals surface area contributed by atoms with E-state index in [1.807, 2.05) is 12.1 Å². The Hall–Kier alpha value is -2.06. The van der Waals surface area contributed by atoms with Crippen molar-refractivity contribution in [1.29, 1.82) is 0 Å². The molecule has 0 fully saturated rings. The average Bonchev–Trinajstić information content (AvgIpc) is 2.74. The molecular formula is C15H13NO. The second kappa shape index (κ2) is 4.07. The molecule has 0 amide bonds. The number of fused-ring (bicyclic) bond motifs is 3. The van der Waals surface area contributed by atoms with E-state index in [1.165, 1.54) is 10.8 Å². The number of nitrogens with one attached hydrogen (secondary N) is 1. The van der Waals surface area contributed by atoms with Crippen LogP contribution >= 0.6 is 0 Å². The van der Waals surface area contributed by atoms with Crippen LogP contribution in [0.1, 0.15) is 5.56 Å². The van der Waals surface area contributed by atoms with Crippen molar-refractivity contribution >= 4 is 27.9 Å². The van der Waals surface area contributed by atoms with E-state index in [4.69, 9.17) is 5.11 Å². The second-order valence-electron chi connectivity index (χ2n) is 4.06. The molecule has 0 aliphatic carbocycles. The Morgan fingerprint density at radius 3 is 2.71 bits per heavy atom. The molecule has 1 aromatic heterocycles. The molecule has 0 spiro atoms. The van der Waals surface area contributed by atoms with Crippen LogP contribution in [0.3, 0.4) is 0 Å². The summed E-state index contributed by atoms with van der Waals surface area (Å²) < 4.78 is 0. The third kappa shape index (κ3) is 1.73. The number of aromatic nitrogens is 1. The predicted molar refractivity (Wildman–Crippen MR) is 71.9 cm³/mol. The average molecular weight is 223 g/mol. The molecule has 84 valence electrons. The van der Waals surface area contributed by atoms with Crippen LogP contribution in [-0.2, 0) is 0 Å². The maximum Gasteiger partial charge on any atom is 0.0615 e. The minimum atomic E-state index is 0.0741. The standard InChI is InChI=1S/C15H13NO/c17-9-3-4-11-7-8-13-12-5-1-2-6-14(12)16-15(13)10-11/h1-8,10,16-17H,9H2. The van der Waals surface area contributed by atoms with Gasteiger partial charge in [-0.3, -0.25) is 0 Å². The molecule has 0 aliphatic heterocycles. The molecule has 0 saturated carbocycles. The van der Waals surface area contributed by atoms with Crippen molar-refractivity contribution in [2.24, 2.45) is 0 Å². The van der Waals surface area contributed by atoms with Crippen molar-refractivity contribution in [3.8, 4) is 0 Å². The highest BCUT2D eigenvalue weighted by molar-refractivity contribution is 6.07. The molecule has 17 heavy (non-hydrogen) atoms. The number of aliphatic hydroxyl groups is 1. The highest BCUT2D eigenvalue weighted by Gasteiger charge is 2.02. The SMILES string of the molecule is OCC=Cc1ccc2c(c1)[nH]c1ccccc12. The van der Waals surface area contributed by atoms with E-state index in [9.17, 15) is 0 Å². The number of hydrogen-bond donors (Lipinski definition) is 2. The molecule has 2 nitrogen and oxygen atoms in total. The normalized spacial score (nSPS) is 11.8. The van der Waals surface area contributed by atoms with Crippen molar-refractivity contribution in [3.63, 3.8) is 0 Å². The maximum atomic E-state index is 8.76. The van der Waals surface area contributed by atoms with Crippen molar-refractivity contribution in [3.05, 3.63) is 54.1 Å². The summed E-state index contributed by atoms with van der Waals surface area (Å²) in [6, 6.07) is 14.6. The number of para-hydroxylation sites is 1. The first kappa shape index (κ1) is 10.1. The molecule has 3 aromatic rings. The summed E-state index contributed by atoms with van der Waals surface area (Å²) in [4.78, 5) is 3.40. The van der Waals surface area contributed by atoms with E-state index < -0.39 is 0 Å². The van der Waals surface area contributed by atoms with Gasteiger partial charge in [-0.1, -0.05) is 42.5 Å². The van der Waals surface area contributed by atoms with Crippen LogP contribution in [0, 0.1) is 0 Å². The van der Waals surface area contributed by atoms with Gasteiger partial charge in [-0.05, 0) is 17.7 Å². The first-order valence-corrected chi connectivity index (χ1v) is 5.66. The molecule has 0 atom stereocenters. The molecule has 2 aromatic carbocycles. The highest BCUT2D eigenvalue weighted by Crippen LogP contribution is 2.26. The van der Waals surface area contributed by atoms with Crippen LogP contribution in [0.25, 0.3) is 27.9 Å². The van der Waals surface area contributed by atoms with Gasteiger partial charge in [0, 0.05) is 21.8 Å². The van der Waals surface area contributed by atoms with E-state index in [1.54, 1.807) is 6.08 Å². The molecule has 0 radical (unpaired) electrons. The van der Waals surface area contributed by atoms with Gasteiger partial charge in [0.1, 0.15) is 0 Å². The Labute approximate surface area is 99.2 Å². The van der Waals surface area contributed by atoms with Gasteiger partial charge < -0.3 is 10.1 Å². The van der Waals surface area contributed by atoms with E-state index in [-0.39, 0.29) is 6.61 Å². The smallest absolute Gasteiger partial charge is 0.0615 e. The molecule has 0 unspecified atom stereocenters. The minimum absolute atomic E-state index is 0.0741. The van der Waals surface area contributed by atoms with Crippen LogP contribution in [0.15, 0.2) is 48.5 Å². The lowest BCUT2D eigenvalue weighted by atomic mass is 10.1. The fraction of sp³-hybridized carbons (Fsp3) is 0.0667. The quantitative estimate of drug-likeness (QED) is 0.686. The third-order valence-corrected chi connectivity index (χ3v) is 2.95. The summed E-state index contributed by atoms with van der Waals surface area (Å²) in [6.45, 7) is 0.0741. The fourth-order valence-electron chi connectivity index (χ4n) is 2.16. The Kier molecular flexibility index (Phi) is 2.42. The van der Waals surface area contributed by atoms with Crippen molar-refractivity contribution in [2.75, 3.05) is 6.61 Å². The van der Waals surface area contributed by atoms with Crippen LogP contribution < -0.4 is 0 Å². The van der Waals surface area contributed by atoms with Crippen molar-refractivity contribution in [1.82, 2.24) is 4.98 Å². The first-order valence-electron chi connectivity index (χ1n) is 5.66. The molecule has 2 N–H and O–H groups in total. The van der Waals surface area contributed by atoms with Gasteiger partial charge in [0.2, 0.25) is 0 Å². The summed E-state index contributed by atoms with van der Waals surface area (Å²) in [6.07, 6.45) is 3.66. The Bertz CT molecular complexity index is 694. The van der Waals surface area contributed by atoms with Gasteiger partial charge in [0.25, 0.3) is 0 Å². The highest BCUT2D eigenvalue weighted by atomic mass is 16.2. The van der Waals surface area contributed by atoms with E-state index in [0.29, 0.717) is 0 Å². The molecule has 0 bridgehead atoms. The Morgan fingerprint density at radius 2 is 1.82 bits per heavy atom. The zero-order valence-corrected chi connectivity index (χ0v) is 9.35. The topological polar surface area (TPSA) is 36.0 Å². The molecular weight excluding hydrogens is 210 g/mol. The Balaban J connectivity index is 2.23. The van der Waals surface area contributed by atoms with Crippen molar-refractivity contribution < 1.29 is 5.11 Å². The van der Waals surface area contributed by atoms with Gasteiger partial charge in [0.05, 0.1) is 6.61 Å². The number of aliphatic hydroxyl groups excluding tert-OH is 1. The number of H-pyrrole nitrogens is 1. The molecule has 3 rings (SSSR count). The lowest BCUT2D eigenvalue weighted by Crippen LogP contribution is -1.75. The first-order chi connectivity index (χ1) is 8.38. The monoisotopic (exact) mass is 223 g/mol. The maximum absolute atomic E-state index is 8.76. The number of hydrogen-bond acceptors (Lipinski definition) is 1. The molecule has 2 heteroatoms. The number of aromatic amines is 1. The summed E-state index contributed by atoms with van der Waals surface area (Å²) in [7, 11) is 0. The van der Waals surface area contributed by atoms with Gasteiger partial charge in [-0.25, -0.2) is 0 Å². The van der Waals surface area contributed by atoms with Gasteiger partial charge in [0.15, 0.2) is 0 Å². The van der Waals surface area contributed by atoms with E-state index in [2.05, 4.69) is 41.4 Å². The lowest BCUT2D eigenvalue weighted by molar-refractivity contribution is 0.343. The number of benzene rings is 2. The van der Waals surface area contributed by atoms with Gasteiger partial charge in [-0.2, -0.15) is 0 Å². The molecule has 0 aliphatic rings. The summed E-state index contributed by atoms with van der Waals surface area (Å²) in [5.41, 5.74) is 3.38.